The summed E-state index contributed by atoms with van der Waals surface area (Å²) in [6.45, 7) is 4.00. The third-order valence-electron chi connectivity index (χ3n) is 5.33. The molecule has 3 nitrogen and oxygen atoms in total. The molecule has 0 aromatic heterocycles. The van der Waals surface area contributed by atoms with Crippen LogP contribution in [-0.2, 0) is 6.42 Å². The van der Waals surface area contributed by atoms with Crippen LogP contribution in [-0.4, -0.2) is 49.6 Å². The molecule has 0 spiro atoms. The molecule has 2 N–H and O–H groups in total. The zero-order valence-electron chi connectivity index (χ0n) is 14.1. The van der Waals surface area contributed by atoms with E-state index in [2.05, 4.69) is 62.1 Å². The van der Waals surface area contributed by atoms with Gasteiger partial charge in [-0.1, -0.05) is 31.2 Å². The van der Waals surface area contributed by atoms with Gasteiger partial charge in [0.15, 0.2) is 0 Å². The fourth-order valence-electron chi connectivity index (χ4n) is 3.63. The van der Waals surface area contributed by atoms with Crippen LogP contribution in [0.5, 0.6) is 0 Å². The summed E-state index contributed by atoms with van der Waals surface area (Å²) in [7, 11) is 6.66. The van der Waals surface area contributed by atoms with Gasteiger partial charge in [0.25, 0.3) is 0 Å². The fourth-order valence-corrected chi connectivity index (χ4v) is 3.63. The minimum absolute atomic E-state index is 0.318. The van der Waals surface area contributed by atoms with Crippen LogP contribution in [0.2, 0.25) is 0 Å². The average Bonchev–Trinajstić information content (AvgIpc) is 2.43. The lowest BCUT2D eigenvalue weighted by molar-refractivity contribution is 0.0167. The van der Waals surface area contributed by atoms with Crippen molar-refractivity contribution < 1.29 is 0 Å². The number of rotatable bonds is 7. The van der Waals surface area contributed by atoms with E-state index in [9.17, 15) is 0 Å². The van der Waals surface area contributed by atoms with Gasteiger partial charge >= 0.3 is 0 Å². The van der Waals surface area contributed by atoms with E-state index in [4.69, 9.17) is 5.73 Å². The number of hydrogen-bond donors (Lipinski definition) is 1. The molecule has 0 aliphatic heterocycles. The van der Waals surface area contributed by atoms with Gasteiger partial charge in [-0.05, 0) is 58.0 Å². The quantitative estimate of drug-likeness (QED) is 0.837. The highest BCUT2D eigenvalue weighted by molar-refractivity contribution is 5.30. The lowest BCUT2D eigenvalue weighted by Gasteiger charge is -2.50. The molecule has 21 heavy (non-hydrogen) atoms. The molecule has 118 valence electrons. The maximum atomic E-state index is 6.13. The number of aryl methyl sites for hydroxylation is 1. The second kappa shape index (κ2) is 6.91. The Morgan fingerprint density at radius 3 is 2.33 bits per heavy atom. The van der Waals surface area contributed by atoms with E-state index in [1.54, 1.807) is 0 Å². The van der Waals surface area contributed by atoms with Gasteiger partial charge in [-0.3, -0.25) is 4.90 Å². The topological polar surface area (TPSA) is 32.5 Å². The Balaban J connectivity index is 2.17. The van der Waals surface area contributed by atoms with Crippen molar-refractivity contribution in [3.8, 4) is 0 Å². The Morgan fingerprint density at radius 2 is 1.86 bits per heavy atom. The third-order valence-corrected chi connectivity index (χ3v) is 5.33. The predicted molar refractivity (Wildman–Crippen MR) is 90.5 cm³/mol. The minimum atomic E-state index is 0.318. The molecule has 0 bridgehead atoms. The Kier molecular flexibility index (Phi) is 5.42. The van der Waals surface area contributed by atoms with Crippen LogP contribution in [0.1, 0.15) is 43.4 Å². The first-order valence-electron chi connectivity index (χ1n) is 8.19. The van der Waals surface area contributed by atoms with Gasteiger partial charge in [0.1, 0.15) is 0 Å². The number of nitrogens with zero attached hydrogens (tertiary/aromatic N) is 2. The highest BCUT2D eigenvalue weighted by Gasteiger charge is 2.40. The molecule has 3 heteroatoms. The van der Waals surface area contributed by atoms with E-state index in [1.165, 1.54) is 30.4 Å². The highest BCUT2D eigenvalue weighted by Crippen LogP contribution is 2.38. The van der Waals surface area contributed by atoms with Gasteiger partial charge < -0.3 is 10.6 Å². The first-order valence-corrected chi connectivity index (χ1v) is 8.19. The molecule has 0 saturated heterocycles. The molecular weight excluding hydrogens is 258 g/mol. The normalized spacial score (nSPS) is 18.8. The second-order valence-electron chi connectivity index (χ2n) is 6.69. The van der Waals surface area contributed by atoms with Crippen molar-refractivity contribution in [2.24, 2.45) is 5.73 Å². The van der Waals surface area contributed by atoms with Gasteiger partial charge in [0.05, 0.1) is 0 Å². The predicted octanol–water partition coefficient (Wildman–Crippen LogP) is 2.66. The molecule has 0 amide bonds. The average molecular weight is 289 g/mol. The third kappa shape index (κ3) is 3.31. The highest BCUT2D eigenvalue weighted by atomic mass is 15.2. The van der Waals surface area contributed by atoms with Crippen molar-refractivity contribution in [3.63, 3.8) is 0 Å². The van der Waals surface area contributed by atoms with Crippen LogP contribution >= 0.6 is 0 Å². The smallest absolute Gasteiger partial charge is 0.0470 e. The van der Waals surface area contributed by atoms with Crippen molar-refractivity contribution in [2.45, 2.75) is 44.2 Å². The van der Waals surface area contributed by atoms with Crippen molar-refractivity contribution in [3.05, 3.63) is 35.4 Å². The van der Waals surface area contributed by atoms with E-state index in [0.717, 1.165) is 13.0 Å². The van der Waals surface area contributed by atoms with Crippen LogP contribution < -0.4 is 5.73 Å². The standard InChI is InChI=1S/C18H31N3/c1-5-15-9-6-7-10-16(15)17(13-19)21(4)14-18(20(2)3)11-8-12-18/h6-7,9-10,17H,5,8,11-14,19H2,1-4H3. The Labute approximate surface area is 130 Å². The molecule has 1 aliphatic rings. The molecular formula is C18H31N3. The van der Waals surface area contributed by atoms with Crippen LogP contribution in [0.4, 0.5) is 0 Å². The van der Waals surface area contributed by atoms with Crippen molar-refractivity contribution in [1.29, 1.82) is 0 Å². The second-order valence-corrected chi connectivity index (χ2v) is 6.69. The summed E-state index contributed by atoms with van der Waals surface area (Å²) in [6.07, 6.45) is 5.03. The minimum Gasteiger partial charge on any atom is -0.329 e. The molecule has 2 rings (SSSR count). The molecule has 1 aromatic carbocycles. The lowest BCUT2D eigenvalue weighted by atomic mass is 9.75. The van der Waals surface area contributed by atoms with Gasteiger partial charge in [0.2, 0.25) is 0 Å². The summed E-state index contributed by atoms with van der Waals surface area (Å²) < 4.78 is 0. The molecule has 0 heterocycles. The summed E-state index contributed by atoms with van der Waals surface area (Å²) in [5.41, 5.74) is 9.30. The van der Waals surface area contributed by atoms with Gasteiger partial charge in [-0.25, -0.2) is 0 Å². The molecule has 1 aliphatic carbocycles. The van der Waals surface area contributed by atoms with Crippen LogP contribution in [0.25, 0.3) is 0 Å². The van der Waals surface area contributed by atoms with Crippen molar-refractivity contribution >= 4 is 0 Å². The van der Waals surface area contributed by atoms with Gasteiger partial charge in [-0.2, -0.15) is 0 Å². The van der Waals surface area contributed by atoms with E-state index < -0.39 is 0 Å². The van der Waals surface area contributed by atoms with Crippen molar-refractivity contribution in [1.82, 2.24) is 9.80 Å². The lowest BCUT2D eigenvalue weighted by Crippen LogP contribution is -2.57. The van der Waals surface area contributed by atoms with E-state index >= 15 is 0 Å². The van der Waals surface area contributed by atoms with Gasteiger partial charge in [-0.15, -0.1) is 0 Å². The van der Waals surface area contributed by atoms with Crippen LogP contribution in [0, 0.1) is 0 Å². The largest absolute Gasteiger partial charge is 0.329 e. The summed E-state index contributed by atoms with van der Waals surface area (Å²) in [5, 5.41) is 0. The maximum absolute atomic E-state index is 6.13. The fraction of sp³-hybridized carbons (Fsp3) is 0.667. The molecule has 1 aromatic rings. The molecule has 0 radical (unpaired) electrons. The van der Waals surface area contributed by atoms with E-state index in [0.29, 0.717) is 18.1 Å². The molecule has 1 unspecified atom stereocenters. The number of likely N-dealkylation sites (N-methyl/N-ethyl adjacent to an activating group) is 2. The molecule has 1 atom stereocenters. The first kappa shape index (κ1) is 16.5. The van der Waals surface area contributed by atoms with Crippen LogP contribution in [0.3, 0.4) is 0 Å². The van der Waals surface area contributed by atoms with E-state index in [1.807, 2.05) is 0 Å². The number of hydrogen-bond acceptors (Lipinski definition) is 3. The SMILES string of the molecule is CCc1ccccc1C(CN)N(C)CC1(N(C)C)CCC1. The van der Waals surface area contributed by atoms with Gasteiger partial charge in [0, 0.05) is 24.7 Å². The Bertz CT molecular complexity index is 452. The Morgan fingerprint density at radius 1 is 1.19 bits per heavy atom. The molecule has 1 saturated carbocycles. The number of benzene rings is 1. The summed E-state index contributed by atoms with van der Waals surface area (Å²) >= 11 is 0. The zero-order chi connectivity index (χ0) is 15.5. The summed E-state index contributed by atoms with van der Waals surface area (Å²) in [5.74, 6) is 0. The number of nitrogens with two attached hydrogens (primary N) is 1. The van der Waals surface area contributed by atoms with E-state index in [-0.39, 0.29) is 0 Å². The Hall–Kier alpha value is -0.900. The first-order chi connectivity index (χ1) is 10.0. The molecule has 1 fully saturated rings. The van der Waals surface area contributed by atoms with Crippen molar-refractivity contribution in [2.75, 3.05) is 34.2 Å². The monoisotopic (exact) mass is 289 g/mol. The summed E-state index contributed by atoms with van der Waals surface area (Å²) in [6, 6.07) is 9.06. The van der Waals surface area contributed by atoms with Crippen LogP contribution in [0.15, 0.2) is 24.3 Å². The zero-order valence-corrected chi connectivity index (χ0v) is 14.1. The maximum Gasteiger partial charge on any atom is 0.0470 e. The summed E-state index contributed by atoms with van der Waals surface area (Å²) in [4.78, 5) is 4.87.